The lowest BCUT2D eigenvalue weighted by Gasteiger charge is -2.46. The number of amides is 2. The number of aliphatic hydroxyl groups is 5. The maximum Gasteiger partial charge on any atom is 0.364 e. The van der Waals surface area contributed by atoms with Crippen molar-refractivity contribution in [3.05, 3.63) is 0 Å². The van der Waals surface area contributed by atoms with Crippen molar-refractivity contribution in [2.75, 3.05) is 46.2 Å². The van der Waals surface area contributed by atoms with Crippen molar-refractivity contribution in [1.82, 2.24) is 10.6 Å². The number of carbonyl (C=O) groups is 3. The highest BCUT2D eigenvalue weighted by Crippen LogP contribution is 2.33. The Labute approximate surface area is 238 Å². The SMILES string of the molecule is C#CCOCCOCCO[C@]1(C(=O)O)C[C@H](O)[C@@H](NC(=O)CO)[C@H]([C@H](O)[C@H](O)CNC(=O)CC2CCC(O)CC2)O1. The van der Waals surface area contributed by atoms with Crippen LogP contribution in [0.1, 0.15) is 38.5 Å². The minimum atomic E-state index is -2.48. The van der Waals surface area contributed by atoms with Crippen molar-refractivity contribution in [1.29, 1.82) is 0 Å². The minimum Gasteiger partial charge on any atom is -0.477 e. The largest absolute Gasteiger partial charge is 0.477 e. The number of aliphatic hydroxyl groups excluding tert-OH is 5. The highest BCUT2D eigenvalue weighted by atomic mass is 16.7. The van der Waals surface area contributed by atoms with Crippen LogP contribution in [0.2, 0.25) is 0 Å². The quantitative estimate of drug-likeness (QED) is 0.0619. The fourth-order valence-corrected chi connectivity index (χ4v) is 4.80. The van der Waals surface area contributed by atoms with Crippen LogP contribution in [0.4, 0.5) is 0 Å². The van der Waals surface area contributed by atoms with E-state index >= 15 is 0 Å². The van der Waals surface area contributed by atoms with Crippen LogP contribution in [0.25, 0.3) is 0 Å². The van der Waals surface area contributed by atoms with Gasteiger partial charge in [0.2, 0.25) is 11.8 Å². The fraction of sp³-hybridized carbons (Fsp3) is 0.808. The van der Waals surface area contributed by atoms with Gasteiger partial charge in [0.05, 0.1) is 50.8 Å². The van der Waals surface area contributed by atoms with Crippen LogP contribution >= 0.6 is 0 Å². The summed E-state index contributed by atoms with van der Waals surface area (Å²) in [7, 11) is 0. The first-order valence-electron chi connectivity index (χ1n) is 13.6. The van der Waals surface area contributed by atoms with Crippen LogP contribution in [0, 0.1) is 18.3 Å². The van der Waals surface area contributed by atoms with Gasteiger partial charge in [0.25, 0.3) is 5.79 Å². The van der Waals surface area contributed by atoms with E-state index in [2.05, 4.69) is 16.6 Å². The second-order valence-electron chi connectivity index (χ2n) is 10.1. The van der Waals surface area contributed by atoms with Crippen molar-refractivity contribution in [3.63, 3.8) is 0 Å². The molecule has 2 fully saturated rings. The van der Waals surface area contributed by atoms with Gasteiger partial charge in [-0.2, -0.15) is 0 Å². The zero-order valence-corrected chi connectivity index (χ0v) is 22.9. The first kappa shape index (κ1) is 34.8. The van der Waals surface area contributed by atoms with Crippen LogP contribution in [0.3, 0.4) is 0 Å². The molecule has 0 spiro atoms. The highest BCUT2D eigenvalue weighted by Gasteiger charge is 2.55. The molecule has 15 nitrogen and oxygen atoms in total. The van der Waals surface area contributed by atoms with Crippen molar-refractivity contribution in [2.24, 2.45) is 5.92 Å². The van der Waals surface area contributed by atoms with Crippen LogP contribution in [-0.4, -0.2) is 137 Å². The van der Waals surface area contributed by atoms with E-state index in [1.54, 1.807) is 0 Å². The topological polar surface area (TPSA) is 234 Å². The molecule has 234 valence electrons. The number of nitrogens with one attached hydrogen (secondary N) is 2. The number of carboxylic acids is 1. The molecule has 0 bridgehead atoms. The monoisotopic (exact) mass is 590 g/mol. The number of terminal acetylenes is 1. The molecule has 0 aromatic rings. The first-order chi connectivity index (χ1) is 19.5. The smallest absolute Gasteiger partial charge is 0.364 e. The number of rotatable bonds is 17. The Morgan fingerprint density at radius 3 is 2.32 bits per heavy atom. The van der Waals surface area contributed by atoms with Gasteiger partial charge in [-0.1, -0.05) is 5.92 Å². The number of carbonyl (C=O) groups excluding carboxylic acids is 2. The molecule has 15 heteroatoms. The lowest BCUT2D eigenvalue weighted by Crippen LogP contribution is -2.68. The molecule has 2 rings (SSSR count). The predicted octanol–water partition coefficient (Wildman–Crippen LogP) is -3.14. The molecular formula is C26H42N2O13. The van der Waals surface area contributed by atoms with E-state index in [4.69, 9.17) is 30.5 Å². The van der Waals surface area contributed by atoms with Crippen molar-refractivity contribution in [3.8, 4) is 12.3 Å². The number of carboxylic acid groups (broad SMARTS) is 1. The predicted molar refractivity (Wildman–Crippen MR) is 139 cm³/mol. The third-order valence-corrected chi connectivity index (χ3v) is 7.02. The first-order valence-corrected chi connectivity index (χ1v) is 13.6. The summed E-state index contributed by atoms with van der Waals surface area (Å²) in [6.45, 7) is -1.35. The molecule has 2 aliphatic rings. The molecule has 1 heterocycles. The lowest BCUT2D eigenvalue weighted by atomic mass is 9.85. The van der Waals surface area contributed by atoms with Gasteiger partial charge in [0.15, 0.2) is 0 Å². The molecule has 0 unspecified atom stereocenters. The van der Waals surface area contributed by atoms with Gasteiger partial charge in [-0.25, -0.2) is 4.79 Å². The van der Waals surface area contributed by atoms with Crippen molar-refractivity contribution >= 4 is 17.8 Å². The van der Waals surface area contributed by atoms with Crippen LogP contribution in [0.5, 0.6) is 0 Å². The van der Waals surface area contributed by atoms with E-state index < -0.39 is 67.7 Å². The standard InChI is InChI=1S/C26H42N2O13/c1-2-7-38-8-9-39-10-11-40-26(25(36)37)13-18(31)22(28-21(34)15-29)24(41-26)23(35)19(32)14-27-20(33)12-16-3-5-17(30)6-4-16/h1,16-19,22-24,29-32,35H,3-15H2,(H,27,33)(H,28,34)(H,36,37)/t16?,17?,18-,19+,22+,23+,24+,26+/m0/s1. The average Bonchev–Trinajstić information content (AvgIpc) is 2.95. The molecule has 2 amide bonds. The number of ether oxygens (including phenoxy) is 4. The van der Waals surface area contributed by atoms with Gasteiger partial charge in [-0.05, 0) is 31.6 Å². The van der Waals surface area contributed by atoms with E-state index in [1.807, 2.05) is 0 Å². The van der Waals surface area contributed by atoms with Crippen LogP contribution < -0.4 is 10.6 Å². The Hall–Kier alpha value is -2.39. The van der Waals surface area contributed by atoms with E-state index in [0.29, 0.717) is 25.7 Å². The van der Waals surface area contributed by atoms with E-state index in [-0.39, 0.29) is 57.4 Å². The Kier molecular flexibility index (Phi) is 14.9. The number of hydrogen-bond acceptors (Lipinski definition) is 12. The molecule has 0 aromatic carbocycles. The Morgan fingerprint density at radius 1 is 1.02 bits per heavy atom. The van der Waals surface area contributed by atoms with Gasteiger partial charge in [-0.3, -0.25) is 9.59 Å². The summed E-state index contributed by atoms with van der Waals surface area (Å²) in [5.74, 6) is -3.09. The number of aliphatic carboxylic acids is 1. The lowest BCUT2D eigenvalue weighted by molar-refractivity contribution is -0.312. The van der Waals surface area contributed by atoms with Gasteiger partial charge < -0.3 is 60.2 Å². The van der Waals surface area contributed by atoms with Crippen LogP contribution in [0.15, 0.2) is 0 Å². The minimum absolute atomic E-state index is 0.0724. The molecule has 6 atom stereocenters. The van der Waals surface area contributed by atoms with Gasteiger partial charge >= 0.3 is 5.97 Å². The van der Waals surface area contributed by atoms with Crippen molar-refractivity contribution in [2.45, 2.75) is 80.9 Å². The molecule has 1 aliphatic heterocycles. The third-order valence-electron chi connectivity index (χ3n) is 7.02. The maximum absolute atomic E-state index is 12.4. The summed E-state index contributed by atoms with van der Waals surface area (Å²) in [6, 6.07) is -1.44. The second-order valence-corrected chi connectivity index (χ2v) is 10.1. The zero-order valence-electron chi connectivity index (χ0n) is 22.9. The summed E-state index contributed by atoms with van der Waals surface area (Å²) in [5.41, 5.74) is 0. The Balaban J connectivity index is 2.03. The molecule has 1 saturated carbocycles. The summed E-state index contributed by atoms with van der Waals surface area (Å²) in [5, 5.41) is 65.8. The van der Waals surface area contributed by atoms with Crippen LogP contribution in [-0.2, 0) is 33.3 Å². The molecule has 41 heavy (non-hydrogen) atoms. The number of hydrogen-bond donors (Lipinski definition) is 8. The average molecular weight is 591 g/mol. The summed E-state index contributed by atoms with van der Waals surface area (Å²) >= 11 is 0. The summed E-state index contributed by atoms with van der Waals surface area (Å²) < 4.78 is 21.4. The maximum atomic E-state index is 12.4. The molecule has 1 aliphatic carbocycles. The summed E-state index contributed by atoms with van der Waals surface area (Å²) in [4.78, 5) is 36.5. The molecule has 1 saturated heterocycles. The molecule has 0 aromatic heterocycles. The van der Waals surface area contributed by atoms with Crippen molar-refractivity contribution < 1.29 is 64.0 Å². The second kappa shape index (κ2) is 17.5. The highest BCUT2D eigenvalue weighted by molar-refractivity contribution is 5.78. The normalized spacial score (nSPS) is 29.6. The van der Waals surface area contributed by atoms with Gasteiger partial charge in [0, 0.05) is 19.4 Å². The van der Waals surface area contributed by atoms with E-state index in [0.717, 1.165) is 0 Å². The Morgan fingerprint density at radius 2 is 1.68 bits per heavy atom. The molecular weight excluding hydrogens is 548 g/mol. The zero-order chi connectivity index (χ0) is 30.4. The van der Waals surface area contributed by atoms with Gasteiger partial charge in [-0.15, -0.1) is 6.42 Å². The Bertz CT molecular complexity index is 876. The van der Waals surface area contributed by atoms with Gasteiger partial charge in [0.1, 0.15) is 25.4 Å². The van der Waals surface area contributed by atoms with E-state index in [1.165, 1.54) is 0 Å². The third kappa shape index (κ3) is 11.1. The fourth-order valence-electron chi connectivity index (χ4n) is 4.80. The molecule has 8 N–H and O–H groups in total. The molecule has 0 radical (unpaired) electrons. The van der Waals surface area contributed by atoms with E-state index in [9.17, 15) is 39.9 Å². The summed E-state index contributed by atoms with van der Waals surface area (Å²) in [6.07, 6.45) is -0.223.